The van der Waals surface area contributed by atoms with Crippen molar-refractivity contribution in [2.24, 2.45) is 0 Å². The molecule has 0 saturated carbocycles. The molecule has 186 valence electrons. The quantitative estimate of drug-likeness (QED) is 0.203. The van der Waals surface area contributed by atoms with Crippen molar-refractivity contribution in [1.29, 1.82) is 0 Å². The van der Waals surface area contributed by atoms with E-state index in [1.54, 1.807) is 24.3 Å². The van der Waals surface area contributed by atoms with Crippen molar-refractivity contribution in [3.8, 4) is 17.1 Å². The summed E-state index contributed by atoms with van der Waals surface area (Å²) in [6, 6.07) is 33.7. The second kappa shape index (κ2) is 10.9. The number of nitrogens with one attached hydrogen (secondary N) is 1. The minimum absolute atomic E-state index is 0.215. The molecule has 0 saturated heterocycles. The molecule has 0 aliphatic rings. The molecule has 0 fully saturated rings. The van der Waals surface area contributed by atoms with Crippen LogP contribution >= 0.6 is 28.1 Å². The van der Waals surface area contributed by atoms with Crippen molar-refractivity contribution in [3.63, 3.8) is 0 Å². The monoisotopic (exact) mass is 590 g/mol. The van der Waals surface area contributed by atoms with Crippen LogP contribution < -0.4 is 0 Å². The lowest BCUT2D eigenvalue weighted by atomic mass is 10.2. The Bertz CT molecular complexity index is 1610. The van der Waals surface area contributed by atoms with Crippen LogP contribution in [-0.2, 0) is 23.1 Å². The van der Waals surface area contributed by atoms with Gasteiger partial charge in [-0.3, -0.25) is 9.67 Å². The van der Waals surface area contributed by atoms with Gasteiger partial charge in [-0.1, -0.05) is 76.6 Å². The second-order valence-corrected chi connectivity index (χ2v) is 11.7. The van der Waals surface area contributed by atoms with E-state index in [2.05, 4.69) is 26.1 Å². The zero-order valence-electron chi connectivity index (χ0n) is 19.7. The smallest absolute Gasteiger partial charge is 0.243 e. The van der Waals surface area contributed by atoms with Crippen molar-refractivity contribution in [2.75, 3.05) is 0 Å². The number of H-pyrrole nitrogens is 1. The molecule has 0 aliphatic heterocycles. The summed E-state index contributed by atoms with van der Waals surface area (Å²) in [5.74, 6) is 0.599. The van der Waals surface area contributed by atoms with Crippen LogP contribution in [0.4, 0.5) is 0 Å². The predicted octanol–water partition coefficient (Wildman–Crippen LogP) is 6.75. The van der Waals surface area contributed by atoms with Gasteiger partial charge in [-0.15, -0.1) is 0 Å². The lowest BCUT2D eigenvalue weighted by Crippen LogP contribution is -2.30. The molecule has 0 bridgehead atoms. The van der Waals surface area contributed by atoms with E-state index in [0.717, 1.165) is 26.9 Å². The van der Waals surface area contributed by atoms with Gasteiger partial charge in [0.25, 0.3) is 0 Å². The highest BCUT2D eigenvalue weighted by Gasteiger charge is 2.25. The van der Waals surface area contributed by atoms with Gasteiger partial charge in [0.1, 0.15) is 0 Å². The molecule has 6 nitrogen and oxygen atoms in total. The molecular weight excluding hydrogens is 568 g/mol. The maximum Gasteiger partial charge on any atom is 0.243 e. The molecule has 4 aromatic carbocycles. The van der Waals surface area contributed by atoms with Gasteiger partial charge in [0.2, 0.25) is 10.0 Å². The molecule has 0 unspecified atom stereocenters. The minimum Gasteiger partial charge on any atom is -0.268 e. The molecule has 5 aromatic rings. The number of rotatable bonds is 8. The second-order valence-electron chi connectivity index (χ2n) is 8.43. The first-order valence-electron chi connectivity index (χ1n) is 11.5. The molecule has 37 heavy (non-hydrogen) atoms. The lowest BCUT2D eigenvalue weighted by Gasteiger charge is -2.23. The molecule has 0 spiro atoms. The zero-order chi connectivity index (χ0) is 25.8. The van der Waals surface area contributed by atoms with Crippen LogP contribution in [0, 0.1) is 4.77 Å². The van der Waals surface area contributed by atoms with Crippen molar-refractivity contribution < 1.29 is 8.42 Å². The third-order valence-corrected chi connectivity index (χ3v) is 8.52. The largest absolute Gasteiger partial charge is 0.268 e. The van der Waals surface area contributed by atoms with Crippen molar-refractivity contribution in [3.05, 3.63) is 130 Å². The predicted molar refractivity (Wildman–Crippen MR) is 151 cm³/mol. The number of aromatic amines is 1. The van der Waals surface area contributed by atoms with Gasteiger partial charge in [0.05, 0.1) is 10.6 Å². The summed E-state index contributed by atoms with van der Waals surface area (Å²) < 4.78 is 32.3. The number of hydrogen-bond donors (Lipinski definition) is 1. The number of nitrogens with zero attached hydrogens (tertiary/aromatic N) is 3. The van der Waals surface area contributed by atoms with E-state index in [9.17, 15) is 8.42 Å². The third-order valence-electron chi connectivity index (χ3n) is 5.91. The highest BCUT2D eigenvalue weighted by atomic mass is 79.9. The van der Waals surface area contributed by atoms with E-state index in [-0.39, 0.29) is 18.0 Å². The zero-order valence-corrected chi connectivity index (χ0v) is 22.9. The number of sulfonamides is 1. The Morgan fingerprint density at radius 1 is 0.784 bits per heavy atom. The van der Waals surface area contributed by atoms with E-state index in [1.807, 2.05) is 89.5 Å². The minimum atomic E-state index is -3.79. The summed E-state index contributed by atoms with van der Waals surface area (Å²) in [4.78, 5) is 0.215. The fourth-order valence-corrected chi connectivity index (χ4v) is 5.96. The first kappa shape index (κ1) is 25.3. The maximum atomic E-state index is 13.8. The Morgan fingerprint density at radius 3 is 1.86 bits per heavy atom. The average molecular weight is 592 g/mol. The third kappa shape index (κ3) is 5.65. The highest BCUT2D eigenvalue weighted by Crippen LogP contribution is 2.26. The molecule has 5 rings (SSSR count). The van der Waals surface area contributed by atoms with Crippen LogP contribution in [0.1, 0.15) is 11.1 Å². The summed E-state index contributed by atoms with van der Waals surface area (Å²) in [7, 11) is -3.79. The van der Waals surface area contributed by atoms with Gasteiger partial charge in [-0.25, -0.2) is 8.42 Å². The van der Waals surface area contributed by atoms with Gasteiger partial charge in [-0.2, -0.15) is 9.40 Å². The van der Waals surface area contributed by atoms with Crippen LogP contribution in [-0.4, -0.2) is 27.5 Å². The van der Waals surface area contributed by atoms with Gasteiger partial charge in [0, 0.05) is 23.1 Å². The Hall–Kier alpha value is -3.37. The highest BCUT2D eigenvalue weighted by molar-refractivity contribution is 9.10. The summed E-state index contributed by atoms with van der Waals surface area (Å²) in [5, 5.41) is 7.24. The first-order valence-corrected chi connectivity index (χ1v) is 14.2. The van der Waals surface area contributed by atoms with Crippen LogP contribution in [0.25, 0.3) is 17.1 Å². The van der Waals surface area contributed by atoms with Gasteiger partial charge in [0.15, 0.2) is 10.6 Å². The van der Waals surface area contributed by atoms with E-state index in [4.69, 9.17) is 12.2 Å². The molecular formula is C28H23BrN4O2S2. The first-order chi connectivity index (χ1) is 17.9. The summed E-state index contributed by atoms with van der Waals surface area (Å²) in [6.07, 6.45) is 0. The topological polar surface area (TPSA) is 71.0 Å². The van der Waals surface area contributed by atoms with Crippen molar-refractivity contribution in [1.82, 2.24) is 19.1 Å². The Balaban J connectivity index is 1.48. The summed E-state index contributed by atoms with van der Waals surface area (Å²) in [6.45, 7) is 0.532. The Morgan fingerprint density at radius 2 is 1.32 bits per heavy atom. The fraction of sp³-hybridized carbons (Fsp3) is 0.0714. The maximum absolute atomic E-state index is 13.8. The average Bonchev–Trinajstić information content (AvgIpc) is 3.31. The SMILES string of the molecule is O=S(=O)(c1ccc(-c2n[nH]c(=S)n2-c2ccc(Br)cc2)cc1)N(Cc1ccccc1)Cc1ccccc1. The Labute approximate surface area is 229 Å². The fourth-order valence-electron chi connectivity index (χ4n) is 4.05. The van der Waals surface area contributed by atoms with Crippen LogP contribution in [0.2, 0.25) is 0 Å². The van der Waals surface area contributed by atoms with E-state index < -0.39 is 10.0 Å². The van der Waals surface area contributed by atoms with Crippen molar-refractivity contribution >= 4 is 38.2 Å². The number of benzene rings is 4. The molecule has 9 heteroatoms. The van der Waals surface area contributed by atoms with Gasteiger partial charge >= 0.3 is 0 Å². The molecule has 0 aliphatic carbocycles. The standard InChI is InChI=1S/C28H23BrN4O2S2/c29-24-13-15-25(16-14-24)33-27(30-31-28(33)36)23-11-17-26(18-12-23)37(34,35)32(19-21-7-3-1-4-8-21)20-22-9-5-2-6-10-22/h1-18H,19-20H2,(H,31,36). The van der Waals surface area contributed by atoms with Crippen molar-refractivity contribution in [2.45, 2.75) is 18.0 Å². The van der Waals surface area contributed by atoms with Crippen LogP contribution in [0.5, 0.6) is 0 Å². The Kier molecular flexibility index (Phi) is 7.48. The molecule has 0 radical (unpaired) electrons. The van der Waals surface area contributed by atoms with Crippen LogP contribution in [0.3, 0.4) is 0 Å². The van der Waals surface area contributed by atoms with Gasteiger partial charge in [-0.05, 0) is 71.9 Å². The molecule has 0 amide bonds. The number of aromatic nitrogens is 3. The van der Waals surface area contributed by atoms with E-state index in [0.29, 0.717) is 10.6 Å². The number of halogens is 1. The van der Waals surface area contributed by atoms with Gasteiger partial charge < -0.3 is 0 Å². The lowest BCUT2D eigenvalue weighted by molar-refractivity contribution is 0.401. The molecule has 1 aromatic heterocycles. The molecule has 0 atom stereocenters. The van der Waals surface area contributed by atoms with E-state index in [1.165, 1.54) is 4.31 Å². The van der Waals surface area contributed by atoms with Crippen LogP contribution in [0.15, 0.2) is 119 Å². The number of hydrogen-bond acceptors (Lipinski definition) is 4. The molecule has 1 N–H and O–H groups in total. The van der Waals surface area contributed by atoms with E-state index >= 15 is 0 Å². The normalized spacial score (nSPS) is 11.6. The molecule has 1 heterocycles. The summed E-state index contributed by atoms with van der Waals surface area (Å²) >= 11 is 8.91. The summed E-state index contributed by atoms with van der Waals surface area (Å²) in [5.41, 5.74) is 3.43.